The van der Waals surface area contributed by atoms with Gasteiger partial charge >= 0.3 is 0 Å². The van der Waals surface area contributed by atoms with Crippen molar-refractivity contribution in [2.75, 3.05) is 5.32 Å². The van der Waals surface area contributed by atoms with Crippen LogP contribution >= 0.6 is 31.9 Å². The van der Waals surface area contributed by atoms with E-state index in [0.29, 0.717) is 16.8 Å². The van der Waals surface area contributed by atoms with Crippen molar-refractivity contribution in [3.8, 4) is 0 Å². The second kappa shape index (κ2) is 5.84. The summed E-state index contributed by atoms with van der Waals surface area (Å²) in [6, 6.07) is 9.76. The molecule has 0 radical (unpaired) electrons. The fourth-order valence-electron chi connectivity index (χ4n) is 1.57. The zero-order chi connectivity index (χ0) is 14.0. The number of anilines is 1. The molecule has 2 nitrogen and oxygen atoms in total. The third-order valence-corrected chi connectivity index (χ3v) is 3.78. The second-order valence-corrected chi connectivity index (χ2v) is 5.81. The van der Waals surface area contributed by atoms with E-state index in [4.69, 9.17) is 0 Å². The van der Waals surface area contributed by atoms with Crippen molar-refractivity contribution in [2.24, 2.45) is 0 Å². The van der Waals surface area contributed by atoms with Crippen molar-refractivity contribution in [1.82, 2.24) is 0 Å². The average molecular weight is 387 g/mol. The van der Waals surface area contributed by atoms with Crippen LogP contribution in [0.3, 0.4) is 0 Å². The van der Waals surface area contributed by atoms with Crippen molar-refractivity contribution < 1.29 is 9.18 Å². The van der Waals surface area contributed by atoms with Crippen LogP contribution in [-0.4, -0.2) is 5.91 Å². The Balaban J connectivity index is 2.25. The Kier molecular flexibility index (Phi) is 4.37. The molecule has 98 valence electrons. The molecule has 1 amide bonds. The summed E-state index contributed by atoms with van der Waals surface area (Å²) in [6.45, 7) is 1.63. The topological polar surface area (TPSA) is 29.1 Å². The van der Waals surface area contributed by atoms with Crippen molar-refractivity contribution >= 4 is 43.5 Å². The Bertz CT molecular complexity index is 643. The molecule has 0 aliphatic carbocycles. The largest absolute Gasteiger partial charge is 0.321 e. The van der Waals surface area contributed by atoms with E-state index < -0.39 is 0 Å². The van der Waals surface area contributed by atoms with Gasteiger partial charge in [-0.15, -0.1) is 0 Å². The van der Waals surface area contributed by atoms with E-state index in [-0.39, 0.29) is 11.7 Å². The molecule has 0 unspecified atom stereocenters. The molecule has 0 bridgehead atoms. The number of carbonyl (C=O) groups is 1. The number of carbonyl (C=O) groups excluding carboxylic acids is 1. The van der Waals surface area contributed by atoms with Crippen LogP contribution in [0.1, 0.15) is 15.9 Å². The minimum absolute atomic E-state index is 0.276. The van der Waals surface area contributed by atoms with E-state index >= 15 is 0 Å². The van der Waals surface area contributed by atoms with E-state index in [1.54, 1.807) is 13.0 Å². The van der Waals surface area contributed by atoms with Gasteiger partial charge in [-0.25, -0.2) is 4.39 Å². The van der Waals surface area contributed by atoms with Gasteiger partial charge in [0.05, 0.1) is 5.69 Å². The van der Waals surface area contributed by atoms with E-state index in [2.05, 4.69) is 37.2 Å². The standard InChI is InChI=1S/C14H10Br2FNO/c1-8-6-9(2-5-12(8)17)14(19)18-13-7-10(15)3-4-11(13)16/h2-7H,1H3,(H,18,19). The molecule has 2 aromatic carbocycles. The van der Waals surface area contributed by atoms with Crippen LogP contribution in [0.2, 0.25) is 0 Å². The van der Waals surface area contributed by atoms with Crippen molar-refractivity contribution in [2.45, 2.75) is 6.92 Å². The predicted molar refractivity (Wildman–Crippen MR) is 80.9 cm³/mol. The Morgan fingerprint density at radius 3 is 2.58 bits per heavy atom. The molecule has 0 atom stereocenters. The van der Waals surface area contributed by atoms with Gasteiger partial charge in [-0.05, 0) is 64.8 Å². The molecule has 2 aromatic rings. The molecular weight excluding hydrogens is 377 g/mol. The monoisotopic (exact) mass is 385 g/mol. The lowest BCUT2D eigenvalue weighted by Crippen LogP contribution is -2.12. The maximum atomic E-state index is 13.2. The number of rotatable bonds is 2. The highest BCUT2D eigenvalue weighted by atomic mass is 79.9. The van der Waals surface area contributed by atoms with Crippen molar-refractivity contribution in [3.05, 3.63) is 62.3 Å². The fraction of sp³-hybridized carbons (Fsp3) is 0.0714. The van der Waals surface area contributed by atoms with Gasteiger partial charge < -0.3 is 5.32 Å². The van der Waals surface area contributed by atoms with Gasteiger partial charge in [0.2, 0.25) is 0 Å². The number of nitrogens with one attached hydrogen (secondary N) is 1. The summed E-state index contributed by atoms with van der Waals surface area (Å²) in [5.74, 6) is -0.595. The molecule has 2 rings (SSSR count). The normalized spacial score (nSPS) is 10.3. The van der Waals surface area contributed by atoms with E-state index in [1.165, 1.54) is 18.2 Å². The fourth-order valence-corrected chi connectivity index (χ4v) is 2.28. The Morgan fingerprint density at radius 2 is 1.89 bits per heavy atom. The SMILES string of the molecule is Cc1cc(C(=O)Nc2cc(Br)ccc2Br)ccc1F. The van der Waals surface area contributed by atoms with Crippen LogP contribution in [0, 0.1) is 12.7 Å². The van der Waals surface area contributed by atoms with Crippen LogP contribution in [0.4, 0.5) is 10.1 Å². The average Bonchev–Trinajstić information content (AvgIpc) is 2.37. The first kappa shape index (κ1) is 14.2. The smallest absolute Gasteiger partial charge is 0.255 e. The molecule has 0 aliphatic rings. The first-order valence-electron chi connectivity index (χ1n) is 5.50. The summed E-state index contributed by atoms with van der Waals surface area (Å²) in [5.41, 5.74) is 1.52. The zero-order valence-electron chi connectivity index (χ0n) is 10.0. The first-order chi connectivity index (χ1) is 8.97. The van der Waals surface area contributed by atoms with Crippen LogP contribution < -0.4 is 5.32 Å². The van der Waals surface area contributed by atoms with Crippen LogP contribution in [0.15, 0.2) is 45.3 Å². The van der Waals surface area contributed by atoms with Gasteiger partial charge in [-0.1, -0.05) is 15.9 Å². The second-order valence-electron chi connectivity index (χ2n) is 4.04. The first-order valence-corrected chi connectivity index (χ1v) is 7.08. The number of hydrogen-bond acceptors (Lipinski definition) is 1. The summed E-state index contributed by atoms with van der Waals surface area (Å²) in [6.07, 6.45) is 0. The van der Waals surface area contributed by atoms with Gasteiger partial charge in [-0.2, -0.15) is 0 Å². The number of hydrogen-bond donors (Lipinski definition) is 1. The minimum atomic E-state index is -0.319. The lowest BCUT2D eigenvalue weighted by molar-refractivity contribution is 0.102. The molecule has 0 fully saturated rings. The Morgan fingerprint density at radius 1 is 1.16 bits per heavy atom. The zero-order valence-corrected chi connectivity index (χ0v) is 13.2. The van der Waals surface area contributed by atoms with Crippen LogP contribution in [0.5, 0.6) is 0 Å². The number of benzene rings is 2. The number of aryl methyl sites for hydroxylation is 1. The molecule has 0 saturated heterocycles. The minimum Gasteiger partial charge on any atom is -0.321 e. The van der Waals surface area contributed by atoms with Gasteiger partial charge in [0.15, 0.2) is 0 Å². The molecular formula is C14H10Br2FNO. The quantitative estimate of drug-likeness (QED) is 0.780. The van der Waals surface area contributed by atoms with Gasteiger partial charge in [0.1, 0.15) is 5.82 Å². The van der Waals surface area contributed by atoms with Gasteiger partial charge in [0.25, 0.3) is 5.91 Å². The van der Waals surface area contributed by atoms with Crippen molar-refractivity contribution in [1.29, 1.82) is 0 Å². The summed E-state index contributed by atoms with van der Waals surface area (Å²) in [5, 5.41) is 2.78. The van der Waals surface area contributed by atoms with E-state index in [9.17, 15) is 9.18 Å². The molecule has 0 saturated carbocycles. The Hall–Kier alpha value is -1.20. The third-order valence-electron chi connectivity index (χ3n) is 2.60. The summed E-state index contributed by atoms with van der Waals surface area (Å²) >= 11 is 6.70. The molecule has 5 heteroatoms. The molecule has 19 heavy (non-hydrogen) atoms. The van der Waals surface area contributed by atoms with E-state index in [1.807, 2.05) is 12.1 Å². The van der Waals surface area contributed by atoms with Crippen molar-refractivity contribution in [3.63, 3.8) is 0 Å². The maximum Gasteiger partial charge on any atom is 0.255 e. The summed E-state index contributed by atoms with van der Waals surface area (Å²) in [7, 11) is 0. The predicted octanol–water partition coefficient (Wildman–Crippen LogP) is 4.91. The number of halogens is 3. The highest BCUT2D eigenvalue weighted by Crippen LogP contribution is 2.26. The molecule has 0 spiro atoms. The van der Waals surface area contributed by atoms with Crippen LogP contribution in [-0.2, 0) is 0 Å². The third kappa shape index (κ3) is 3.42. The highest BCUT2D eigenvalue weighted by molar-refractivity contribution is 9.11. The summed E-state index contributed by atoms with van der Waals surface area (Å²) in [4.78, 5) is 12.1. The molecule has 0 aromatic heterocycles. The van der Waals surface area contributed by atoms with Gasteiger partial charge in [-0.3, -0.25) is 4.79 Å². The molecule has 0 heterocycles. The lowest BCUT2D eigenvalue weighted by atomic mass is 10.1. The van der Waals surface area contributed by atoms with Gasteiger partial charge in [0, 0.05) is 14.5 Å². The number of amides is 1. The molecule has 0 aliphatic heterocycles. The summed E-state index contributed by atoms with van der Waals surface area (Å²) < 4.78 is 14.8. The lowest BCUT2D eigenvalue weighted by Gasteiger charge is -2.08. The molecule has 1 N–H and O–H groups in total. The highest BCUT2D eigenvalue weighted by Gasteiger charge is 2.10. The maximum absolute atomic E-state index is 13.2. The Labute approximate surface area is 127 Å². The van der Waals surface area contributed by atoms with Crippen LogP contribution in [0.25, 0.3) is 0 Å². The van der Waals surface area contributed by atoms with E-state index in [0.717, 1.165) is 8.95 Å².